The summed E-state index contributed by atoms with van der Waals surface area (Å²) in [4.78, 5) is 14.9. The summed E-state index contributed by atoms with van der Waals surface area (Å²) in [6, 6.07) is 3.79. The lowest BCUT2D eigenvalue weighted by atomic mass is 9.93. The lowest BCUT2D eigenvalue weighted by Crippen LogP contribution is -2.25. The van der Waals surface area contributed by atoms with Crippen LogP contribution in [0.2, 0.25) is 0 Å². The van der Waals surface area contributed by atoms with E-state index in [9.17, 15) is 4.79 Å². The van der Waals surface area contributed by atoms with Crippen LogP contribution < -0.4 is 5.32 Å². The number of carboxylic acid groups (broad SMARTS) is 1. The number of nitrogens with zero attached hydrogens (tertiary/aromatic N) is 1. The number of rotatable bonds is 4. The highest BCUT2D eigenvalue weighted by Crippen LogP contribution is 2.35. The average molecular weight is 248 g/mol. The minimum atomic E-state index is -0.936. The first-order chi connectivity index (χ1) is 8.61. The standard InChI is InChI=1S/C14H20N2O2/c1-3-10-4-6-12(9(10)2)16-13-7-5-11(8-15-13)14(17)18/h5,7-10,12H,3-4,6H2,1-2H3,(H,15,16)(H,17,18). The highest BCUT2D eigenvalue weighted by Gasteiger charge is 2.31. The fourth-order valence-electron chi connectivity index (χ4n) is 2.82. The van der Waals surface area contributed by atoms with E-state index >= 15 is 0 Å². The van der Waals surface area contributed by atoms with Crippen molar-refractivity contribution < 1.29 is 9.90 Å². The van der Waals surface area contributed by atoms with Crippen LogP contribution in [-0.4, -0.2) is 22.1 Å². The van der Waals surface area contributed by atoms with Gasteiger partial charge < -0.3 is 10.4 Å². The predicted molar refractivity (Wildman–Crippen MR) is 70.8 cm³/mol. The van der Waals surface area contributed by atoms with Gasteiger partial charge in [-0.3, -0.25) is 0 Å². The van der Waals surface area contributed by atoms with Crippen LogP contribution >= 0.6 is 0 Å². The maximum Gasteiger partial charge on any atom is 0.337 e. The van der Waals surface area contributed by atoms with Crippen molar-refractivity contribution in [1.82, 2.24) is 4.98 Å². The van der Waals surface area contributed by atoms with Gasteiger partial charge in [0.1, 0.15) is 5.82 Å². The van der Waals surface area contributed by atoms with Crippen molar-refractivity contribution in [1.29, 1.82) is 0 Å². The van der Waals surface area contributed by atoms with Crippen LogP contribution in [0.15, 0.2) is 18.3 Å². The third kappa shape index (κ3) is 2.63. The van der Waals surface area contributed by atoms with Crippen molar-refractivity contribution in [3.8, 4) is 0 Å². The smallest absolute Gasteiger partial charge is 0.337 e. The van der Waals surface area contributed by atoms with Gasteiger partial charge in [0.05, 0.1) is 5.56 Å². The van der Waals surface area contributed by atoms with Crippen LogP contribution in [0.3, 0.4) is 0 Å². The van der Waals surface area contributed by atoms with Gasteiger partial charge in [0, 0.05) is 12.2 Å². The zero-order chi connectivity index (χ0) is 13.1. The molecule has 4 heteroatoms. The van der Waals surface area contributed by atoms with Gasteiger partial charge in [-0.1, -0.05) is 20.3 Å². The number of anilines is 1. The molecule has 3 atom stereocenters. The molecule has 1 aliphatic rings. The maximum absolute atomic E-state index is 10.7. The van der Waals surface area contributed by atoms with Crippen molar-refractivity contribution in [2.45, 2.75) is 39.2 Å². The fraction of sp³-hybridized carbons (Fsp3) is 0.571. The van der Waals surface area contributed by atoms with Crippen LogP contribution in [0.5, 0.6) is 0 Å². The van der Waals surface area contributed by atoms with E-state index in [-0.39, 0.29) is 5.56 Å². The van der Waals surface area contributed by atoms with Gasteiger partial charge in [0.15, 0.2) is 0 Å². The molecule has 1 aromatic rings. The topological polar surface area (TPSA) is 62.2 Å². The molecule has 1 saturated carbocycles. The van der Waals surface area contributed by atoms with Gasteiger partial charge in [-0.25, -0.2) is 9.78 Å². The summed E-state index contributed by atoms with van der Waals surface area (Å²) >= 11 is 0. The number of aromatic nitrogens is 1. The van der Waals surface area contributed by atoms with Gasteiger partial charge in [-0.2, -0.15) is 0 Å². The molecule has 0 amide bonds. The first-order valence-electron chi connectivity index (χ1n) is 6.57. The molecule has 0 bridgehead atoms. The van der Waals surface area contributed by atoms with Gasteiger partial charge in [0.25, 0.3) is 0 Å². The summed E-state index contributed by atoms with van der Waals surface area (Å²) in [6.45, 7) is 4.52. The summed E-state index contributed by atoms with van der Waals surface area (Å²) in [5, 5.41) is 12.2. The van der Waals surface area contributed by atoms with Crippen molar-refractivity contribution in [2.24, 2.45) is 11.8 Å². The van der Waals surface area contributed by atoms with E-state index in [1.807, 2.05) is 0 Å². The van der Waals surface area contributed by atoms with E-state index in [0.29, 0.717) is 12.0 Å². The molecule has 98 valence electrons. The molecule has 1 heterocycles. The summed E-state index contributed by atoms with van der Waals surface area (Å²) in [5.74, 6) is 1.28. The minimum absolute atomic E-state index is 0.228. The molecule has 1 aromatic heterocycles. The molecule has 0 aromatic carbocycles. The molecule has 0 saturated heterocycles. The molecule has 1 fully saturated rings. The zero-order valence-corrected chi connectivity index (χ0v) is 10.9. The normalized spacial score (nSPS) is 27.1. The lowest BCUT2D eigenvalue weighted by molar-refractivity contribution is 0.0696. The number of carbonyl (C=O) groups is 1. The lowest BCUT2D eigenvalue weighted by Gasteiger charge is -2.21. The molecule has 0 aliphatic heterocycles. The first kappa shape index (κ1) is 12.9. The second-order valence-electron chi connectivity index (χ2n) is 5.09. The molecule has 0 spiro atoms. The summed E-state index contributed by atoms with van der Waals surface area (Å²) in [6.07, 6.45) is 5.07. The number of aromatic carboxylic acids is 1. The van der Waals surface area contributed by atoms with Crippen LogP contribution in [0.4, 0.5) is 5.82 Å². The number of hydrogen-bond acceptors (Lipinski definition) is 3. The van der Waals surface area contributed by atoms with Crippen LogP contribution in [0, 0.1) is 11.8 Å². The predicted octanol–water partition coefficient (Wildman–Crippen LogP) is 3.02. The quantitative estimate of drug-likeness (QED) is 0.859. The SMILES string of the molecule is CCC1CCC(Nc2ccc(C(=O)O)cn2)C1C. The van der Waals surface area contributed by atoms with Crippen LogP contribution in [0.1, 0.15) is 43.5 Å². The second-order valence-corrected chi connectivity index (χ2v) is 5.09. The second kappa shape index (κ2) is 5.38. The monoisotopic (exact) mass is 248 g/mol. The Hall–Kier alpha value is -1.58. The Labute approximate surface area is 107 Å². The van der Waals surface area contributed by atoms with E-state index in [2.05, 4.69) is 24.1 Å². The Bertz CT molecular complexity index is 416. The van der Waals surface area contributed by atoms with Gasteiger partial charge in [-0.05, 0) is 36.8 Å². The molecule has 4 nitrogen and oxygen atoms in total. The molecular formula is C14H20N2O2. The Balaban J connectivity index is 2.00. The van der Waals surface area contributed by atoms with Crippen LogP contribution in [-0.2, 0) is 0 Å². The molecule has 1 aliphatic carbocycles. The van der Waals surface area contributed by atoms with E-state index in [1.54, 1.807) is 12.1 Å². The molecule has 0 radical (unpaired) electrons. The van der Waals surface area contributed by atoms with E-state index < -0.39 is 5.97 Å². The summed E-state index contributed by atoms with van der Waals surface area (Å²) < 4.78 is 0. The molecule has 2 rings (SSSR count). The maximum atomic E-state index is 10.7. The molecule has 18 heavy (non-hydrogen) atoms. The number of nitrogens with one attached hydrogen (secondary N) is 1. The summed E-state index contributed by atoms with van der Waals surface area (Å²) in [5.41, 5.74) is 0.228. The van der Waals surface area contributed by atoms with Gasteiger partial charge in [-0.15, -0.1) is 0 Å². The van der Waals surface area contributed by atoms with Gasteiger partial charge in [0.2, 0.25) is 0 Å². The van der Waals surface area contributed by atoms with E-state index in [4.69, 9.17) is 5.11 Å². The average Bonchev–Trinajstić information content (AvgIpc) is 2.71. The Kier molecular flexibility index (Phi) is 3.84. The Morgan fingerprint density at radius 3 is 2.78 bits per heavy atom. The van der Waals surface area contributed by atoms with Crippen molar-refractivity contribution in [3.63, 3.8) is 0 Å². The third-order valence-corrected chi connectivity index (χ3v) is 4.09. The number of hydrogen-bond donors (Lipinski definition) is 2. The highest BCUT2D eigenvalue weighted by atomic mass is 16.4. The molecular weight excluding hydrogens is 228 g/mol. The number of carboxylic acids is 1. The van der Waals surface area contributed by atoms with Crippen molar-refractivity contribution >= 4 is 11.8 Å². The molecule has 2 N–H and O–H groups in total. The van der Waals surface area contributed by atoms with E-state index in [1.165, 1.54) is 25.5 Å². The third-order valence-electron chi connectivity index (χ3n) is 4.09. The number of pyridine rings is 1. The van der Waals surface area contributed by atoms with Crippen molar-refractivity contribution in [2.75, 3.05) is 5.32 Å². The first-order valence-corrected chi connectivity index (χ1v) is 6.57. The van der Waals surface area contributed by atoms with Gasteiger partial charge >= 0.3 is 5.97 Å². The fourth-order valence-corrected chi connectivity index (χ4v) is 2.82. The van der Waals surface area contributed by atoms with Crippen LogP contribution in [0.25, 0.3) is 0 Å². The zero-order valence-electron chi connectivity index (χ0n) is 10.9. The van der Waals surface area contributed by atoms with Crippen molar-refractivity contribution in [3.05, 3.63) is 23.9 Å². The largest absolute Gasteiger partial charge is 0.478 e. The highest BCUT2D eigenvalue weighted by molar-refractivity contribution is 5.87. The Morgan fingerprint density at radius 1 is 1.50 bits per heavy atom. The minimum Gasteiger partial charge on any atom is -0.478 e. The Morgan fingerprint density at radius 2 is 2.28 bits per heavy atom. The summed E-state index contributed by atoms with van der Waals surface area (Å²) in [7, 11) is 0. The van der Waals surface area contributed by atoms with E-state index in [0.717, 1.165) is 11.7 Å². The molecule has 3 unspecified atom stereocenters.